The Kier molecular flexibility index (Phi) is 6.21. The molecular weight excluding hydrogens is 266 g/mol. The molecule has 2 rings (SSSR count). The molecule has 2 N–H and O–H groups in total. The van der Waals surface area contributed by atoms with Crippen LogP contribution in [-0.4, -0.2) is 30.8 Å². The van der Waals surface area contributed by atoms with Crippen molar-refractivity contribution in [2.24, 2.45) is 5.92 Å². The Labute approximate surface area is 126 Å². The molecule has 1 atom stereocenters. The first-order chi connectivity index (χ1) is 10.2. The van der Waals surface area contributed by atoms with Crippen molar-refractivity contribution < 1.29 is 14.6 Å². The molecule has 1 aromatic carbocycles. The number of amides is 1. The maximum Gasteiger partial charge on any atom is 0.223 e. The van der Waals surface area contributed by atoms with Crippen LogP contribution >= 0.6 is 0 Å². The number of benzene rings is 1. The lowest BCUT2D eigenvalue weighted by molar-refractivity contribution is -0.125. The zero-order chi connectivity index (χ0) is 15.1. The van der Waals surface area contributed by atoms with Crippen molar-refractivity contribution in [2.45, 2.75) is 38.7 Å². The lowest BCUT2D eigenvalue weighted by atomic mass is 10.1. The quantitative estimate of drug-likeness (QED) is 0.811. The van der Waals surface area contributed by atoms with E-state index in [1.54, 1.807) is 0 Å². The molecule has 1 fully saturated rings. The summed E-state index contributed by atoms with van der Waals surface area (Å²) in [6.45, 7) is 2.75. The van der Waals surface area contributed by atoms with Crippen LogP contribution in [0.25, 0.3) is 0 Å². The molecule has 0 bridgehead atoms. The molecule has 116 valence electrons. The van der Waals surface area contributed by atoms with Crippen molar-refractivity contribution in [2.75, 3.05) is 19.8 Å². The second-order valence-electron chi connectivity index (χ2n) is 5.72. The van der Waals surface area contributed by atoms with Gasteiger partial charge in [-0.25, -0.2) is 0 Å². The fraction of sp³-hybridized carbons (Fsp3) is 0.588. The number of aliphatic hydroxyl groups is 1. The molecular formula is C17H25NO3. The van der Waals surface area contributed by atoms with Crippen molar-refractivity contribution >= 4 is 5.91 Å². The largest absolute Gasteiger partial charge is 0.394 e. The number of aliphatic hydroxyl groups excluding tert-OH is 1. The van der Waals surface area contributed by atoms with Gasteiger partial charge in [0.1, 0.15) is 0 Å². The minimum atomic E-state index is -0.205. The summed E-state index contributed by atoms with van der Waals surface area (Å²) in [5.74, 6) is 0.304. The molecule has 0 heterocycles. The summed E-state index contributed by atoms with van der Waals surface area (Å²) in [4.78, 5) is 12.1. The minimum absolute atomic E-state index is 0.0149. The first-order valence-electron chi connectivity index (χ1n) is 7.77. The summed E-state index contributed by atoms with van der Waals surface area (Å²) >= 11 is 0. The molecule has 0 spiro atoms. The highest BCUT2D eigenvalue weighted by Gasteiger charge is 2.23. The Morgan fingerprint density at radius 2 is 2.00 bits per heavy atom. The molecule has 1 aromatic rings. The molecule has 0 aliphatic heterocycles. The van der Waals surface area contributed by atoms with Gasteiger partial charge in [-0.3, -0.25) is 4.79 Å². The van der Waals surface area contributed by atoms with E-state index in [9.17, 15) is 4.79 Å². The van der Waals surface area contributed by atoms with Gasteiger partial charge >= 0.3 is 0 Å². The molecule has 4 heteroatoms. The fourth-order valence-corrected chi connectivity index (χ4v) is 2.77. The highest BCUT2D eigenvalue weighted by Crippen LogP contribution is 2.25. The van der Waals surface area contributed by atoms with Gasteiger partial charge in [-0.1, -0.05) is 42.7 Å². The highest BCUT2D eigenvalue weighted by molar-refractivity contribution is 5.78. The van der Waals surface area contributed by atoms with Gasteiger partial charge in [0.15, 0.2) is 0 Å². The fourth-order valence-electron chi connectivity index (χ4n) is 2.77. The Hall–Kier alpha value is -1.39. The lowest BCUT2D eigenvalue weighted by Crippen LogP contribution is -2.33. The maximum atomic E-state index is 12.1. The van der Waals surface area contributed by atoms with Crippen LogP contribution in [0.15, 0.2) is 24.3 Å². The molecule has 4 nitrogen and oxygen atoms in total. The molecule has 1 aliphatic rings. The topological polar surface area (TPSA) is 58.6 Å². The number of nitrogens with one attached hydrogen (secondary N) is 1. The SMILES string of the molecule is Cc1ccc(C(CNC(=O)C2CCCC2)OCCO)cc1. The van der Waals surface area contributed by atoms with Gasteiger partial charge in [0.05, 0.1) is 19.3 Å². The maximum absolute atomic E-state index is 12.1. The van der Waals surface area contributed by atoms with Gasteiger partial charge in [-0.2, -0.15) is 0 Å². The van der Waals surface area contributed by atoms with E-state index < -0.39 is 0 Å². The van der Waals surface area contributed by atoms with E-state index in [0.717, 1.165) is 31.2 Å². The van der Waals surface area contributed by atoms with Crippen LogP contribution in [0.2, 0.25) is 0 Å². The average molecular weight is 291 g/mol. The summed E-state index contributed by atoms with van der Waals surface area (Å²) in [5.41, 5.74) is 2.22. The number of ether oxygens (including phenoxy) is 1. The van der Waals surface area contributed by atoms with Crippen molar-refractivity contribution in [3.05, 3.63) is 35.4 Å². The van der Waals surface area contributed by atoms with E-state index in [1.165, 1.54) is 5.56 Å². The smallest absolute Gasteiger partial charge is 0.223 e. The Morgan fingerprint density at radius 1 is 1.33 bits per heavy atom. The molecule has 1 unspecified atom stereocenters. The standard InChI is InChI=1S/C17H25NO3/c1-13-6-8-14(9-7-13)16(21-11-10-19)12-18-17(20)15-4-2-3-5-15/h6-9,15-16,19H,2-5,10-12H2,1H3,(H,18,20). The molecule has 21 heavy (non-hydrogen) atoms. The Morgan fingerprint density at radius 3 is 2.62 bits per heavy atom. The van der Waals surface area contributed by atoms with E-state index in [0.29, 0.717) is 6.54 Å². The number of carbonyl (C=O) groups excluding carboxylic acids is 1. The number of rotatable bonds is 7. The van der Waals surface area contributed by atoms with Gasteiger partial charge in [0.2, 0.25) is 5.91 Å². The van der Waals surface area contributed by atoms with Crippen LogP contribution < -0.4 is 5.32 Å². The van der Waals surface area contributed by atoms with E-state index >= 15 is 0 Å². The van der Waals surface area contributed by atoms with Crippen molar-refractivity contribution in [1.82, 2.24) is 5.32 Å². The van der Waals surface area contributed by atoms with Gasteiger partial charge in [0.25, 0.3) is 0 Å². The molecule has 0 radical (unpaired) electrons. The number of hydrogen-bond acceptors (Lipinski definition) is 3. The summed E-state index contributed by atoms with van der Waals surface area (Å²) in [7, 11) is 0. The third-order valence-corrected chi connectivity index (χ3v) is 4.05. The third kappa shape index (κ3) is 4.83. The molecule has 0 saturated heterocycles. The third-order valence-electron chi connectivity index (χ3n) is 4.05. The van der Waals surface area contributed by atoms with Crippen LogP contribution in [0.1, 0.15) is 42.9 Å². The normalized spacial score (nSPS) is 16.9. The van der Waals surface area contributed by atoms with Crippen LogP contribution in [0.4, 0.5) is 0 Å². The minimum Gasteiger partial charge on any atom is -0.394 e. The predicted octanol–water partition coefficient (Wildman–Crippen LogP) is 2.35. The van der Waals surface area contributed by atoms with E-state index in [1.807, 2.05) is 31.2 Å². The molecule has 0 aromatic heterocycles. The van der Waals surface area contributed by atoms with Crippen LogP contribution in [0, 0.1) is 12.8 Å². The summed E-state index contributed by atoms with van der Waals surface area (Å²) in [6.07, 6.45) is 4.10. The second kappa shape index (κ2) is 8.15. The van der Waals surface area contributed by atoms with Crippen molar-refractivity contribution in [3.63, 3.8) is 0 Å². The highest BCUT2D eigenvalue weighted by atomic mass is 16.5. The van der Waals surface area contributed by atoms with Gasteiger partial charge < -0.3 is 15.2 Å². The zero-order valence-corrected chi connectivity index (χ0v) is 12.7. The predicted molar refractivity (Wildman–Crippen MR) is 81.9 cm³/mol. The van der Waals surface area contributed by atoms with Gasteiger partial charge in [-0.05, 0) is 25.3 Å². The Balaban J connectivity index is 1.92. The van der Waals surface area contributed by atoms with Crippen molar-refractivity contribution in [3.8, 4) is 0 Å². The van der Waals surface area contributed by atoms with Crippen LogP contribution in [0.5, 0.6) is 0 Å². The summed E-state index contributed by atoms with van der Waals surface area (Å²) < 4.78 is 5.67. The van der Waals surface area contributed by atoms with Gasteiger partial charge in [-0.15, -0.1) is 0 Å². The van der Waals surface area contributed by atoms with E-state index in [2.05, 4.69) is 5.32 Å². The molecule has 1 saturated carbocycles. The van der Waals surface area contributed by atoms with Gasteiger partial charge in [0, 0.05) is 12.5 Å². The second-order valence-corrected chi connectivity index (χ2v) is 5.72. The number of aryl methyl sites for hydroxylation is 1. The van der Waals surface area contributed by atoms with E-state index in [-0.39, 0.29) is 31.1 Å². The number of carbonyl (C=O) groups is 1. The van der Waals surface area contributed by atoms with Crippen LogP contribution in [-0.2, 0) is 9.53 Å². The first kappa shape index (κ1) is 16.0. The monoisotopic (exact) mass is 291 g/mol. The summed E-state index contributed by atoms with van der Waals surface area (Å²) in [5, 5.41) is 11.9. The zero-order valence-electron chi connectivity index (χ0n) is 12.7. The molecule has 1 amide bonds. The summed E-state index contributed by atoms with van der Waals surface area (Å²) in [6, 6.07) is 8.09. The van der Waals surface area contributed by atoms with Crippen molar-refractivity contribution in [1.29, 1.82) is 0 Å². The Bertz CT molecular complexity index is 438. The lowest BCUT2D eigenvalue weighted by Gasteiger charge is -2.20. The average Bonchev–Trinajstić information content (AvgIpc) is 3.03. The first-order valence-corrected chi connectivity index (χ1v) is 7.77. The van der Waals surface area contributed by atoms with E-state index in [4.69, 9.17) is 9.84 Å². The van der Waals surface area contributed by atoms with Crippen LogP contribution in [0.3, 0.4) is 0 Å². The molecule has 1 aliphatic carbocycles. The number of hydrogen-bond donors (Lipinski definition) is 2.